The Morgan fingerprint density at radius 2 is 1.95 bits per heavy atom. The van der Waals surface area contributed by atoms with Gasteiger partial charge in [-0.15, -0.1) is 11.3 Å². The molecule has 1 aromatic heterocycles. The summed E-state index contributed by atoms with van der Waals surface area (Å²) in [5, 5.41) is 1.17. The van der Waals surface area contributed by atoms with E-state index < -0.39 is 0 Å². The zero-order chi connectivity index (χ0) is 13.8. The summed E-state index contributed by atoms with van der Waals surface area (Å²) in [5.74, 6) is 0.752. The maximum absolute atomic E-state index is 5.79. The molecule has 4 nitrogen and oxygen atoms in total. The summed E-state index contributed by atoms with van der Waals surface area (Å²) in [6, 6.07) is 0. The van der Waals surface area contributed by atoms with Gasteiger partial charge in [0.25, 0.3) is 0 Å². The highest BCUT2D eigenvalue weighted by Crippen LogP contribution is 2.27. The summed E-state index contributed by atoms with van der Waals surface area (Å²) < 4.78 is 0. The van der Waals surface area contributed by atoms with E-state index in [2.05, 4.69) is 30.6 Å². The van der Waals surface area contributed by atoms with Crippen molar-refractivity contribution in [1.82, 2.24) is 9.88 Å². The van der Waals surface area contributed by atoms with Gasteiger partial charge in [-0.1, -0.05) is 20.8 Å². The lowest BCUT2D eigenvalue weighted by atomic mass is 10.2. The van der Waals surface area contributed by atoms with Crippen LogP contribution in [0.2, 0.25) is 0 Å². The van der Waals surface area contributed by atoms with E-state index in [1.54, 1.807) is 11.3 Å². The van der Waals surface area contributed by atoms with Gasteiger partial charge in [-0.3, -0.25) is 4.90 Å². The number of nitrogens with two attached hydrogens (primary N) is 1. The average molecular weight is 282 g/mol. The summed E-state index contributed by atoms with van der Waals surface area (Å²) in [6.07, 6.45) is 0.982. The van der Waals surface area contributed by atoms with Crippen molar-refractivity contribution in [2.24, 2.45) is 11.7 Å². The van der Waals surface area contributed by atoms with Gasteiger partial charge in [0.15, 0.2) is 5.13 Å². The van der Waals surface area contributed by atoms with Gasteiger partial charge in [-0.05, 0) is 12.3 Å². The number of nitrogens with zero attached hydrogens (tertiary/aromatic N) is 3. The molecule has 0 aliphatic carbocycles. The third-order valence-electron chi connectivity index (χ3n) is 3.55. The van der Waals surface area contributed by atoms with Crippen molar-refractivity contribution in [3.8, 4) is 0 Å². The molecule has 108 valence electrons. The molecule has 2 heterocycles. The van der Waals surface area contributed by atoms with E-state index in [0.29, 0.717) is 6.54 Å². The van der Waals surface area contributed by atoms with Crippen LogP contribution in [0.1, 0.15) is 31.3 Å². The summed E-state index contributed by atoms with van der Waals surface area (Å²) in [4.78, 5) is 11.0. The summed E-state index contributed by atoms with van der Waals surface area (Å²) in [6.45, 7) is 13.0. The van der Waals surface area contributed by atoms with Gasteiger partial charge in [0.2, 0.25) is 0 Å². The van der Waals surface area contributed by atoms with E-state index in [4.69, 9.17) is 10.7 Å². The number of aromatic nitrogens is 1. The number of rotatable bonds is 5. The van der Waals surface area contributed by atoms with Crippen LogP contribution in [0.15, 0.2) is 0 Å². The molecule has 1 aliphatic heterocycles. The predicted octanol–water partition coefficient (Wildman–Crippen LogP) is 1.94. The van der Waals surface area contributed by atoms with Crippen LogP contribution in [0.5, 0.6) is 0 Å². The molecule has 1 fully saturated rings. The Hall–Kier alpha value is -0.650. The van der Waals surface area contributed by atoms with Gasteiger partial charge in [0.1, 0.15) is 0 Å². The zero-order valence-electron chi connectivity index (χ0n) is 12.4. The lowest BCUT2D eigenvalue weighted by molar-refractivity contribution is 0.231. The lowest BCUT2D eigenvalue weighted by Crippen LogP contribution is -2.47. The first kappa shape index (κ1) is 14.8. The third-order valence-corrected chi connectivity index (χ3v) is 4.73. The molecule has 0 radical (unpaired) electrons. The molecule has 1 saturated heterocycles. The van der Waals surface area contributed by atoms with Gasteiger partial charge in [0, 0.05) is 44.1 Å². The number of hydrogen-bond acceptors (Lipinski definition) is 5. The maximum atomic E-state index is 5.79. The Morgan fingerprint density at radius 1 is 1.26 bits per heavy atom. The maximum Gasteiger partial charge on any atom is 0.185 e. The molecule has 0 unspecified atom stereocenters. The molecule has 0 aromatic carbocycles. The van der Waals surface area contributed by atoms with E-state index in [1.165, 1.54) is 22.2 Å². The van der Waals surface area contributed by atoms with Gasteiger partial charge in [0.05, 0.1) is 5.69 Å². The molecule has 0 bridgehead atoms. The smallest absolute Gasteiger partial charge is 0.185 e. The third kappa shape index (κ3) is 3.68. The van der Waals surface area contributed by atoms with Crippen molar-refractivity contribution in [3.63, 3.8) is 0 Å². The fourth-order valence-corrected chi connectivity index (χ4v) is 3.66. The van der Waals surface area contributed by atoms with Crippen molar-refractivity contribution >= 4 is 16.5 Å². The number of anilines is 1. The van der Waals surface area contributed by atoms with Crippen LogP contribution >= 0.6 is 11.3 Å². The van der Waals surface area contributed by atoms with Crippen molar-refractivity contribution in [2.45, 2.75) is 33.7 Å². The summed E-state index contributed by atoms with van der Waals surface area (Å²) in [5.41, 5.74) is 6.98. The molecule has 1 aromatic rings. The van der Waals surface area contributed by atoms with E-state index in [1.807, 2.05) is 0 Å². The van der Waals surface area contributed by atoms with Gasteiger partial charge < -0.3 is 10.6 Å². The van der Waals surface area contributed by atoms with E-state index in [0.717, 1.165) is 38.5 Å². The molecule has 19 heavy (non-hydrogen) atoms. The topological polar surface area (TPSA) is 45.4 Å². The standard InChI is InChI=1S/C14H26N4S/c1-4-12-13(9-15)19-14(16-12)18-7-5-17(6-8-18)10-11(2)3/h11H,4-10,15H2,1-3H3. The first-order valence-electron chi connectivity index (χ1n) is 7.30. The molecule has 1 aliphatic rings. The van der Waals surface area contributed by atoms with Gasteiger partial charge >= 0.3 is 0 Å². The lowest BCUT2D eigenvalue weighted by Gasteiger charge is -2.35. The number of aryl methyl sites for hydroxylation is 1. The SMILES string of the molecule is CCc1nc(N2CCN(CC(C)C)CC2)sc1CN. The van der Waals surface area contributed by atoms with Crippen molar-refractivity contribution < 1.29 is 0 Å². The Morgan fingerprint density at radius 3 is 2.42 bits per heavy atom. The van der Waals surface area contributed by atoms with Crippen molar-refractivity contribution in [3.05, 3.63) is 10.6 Å². The van der Waals surface area contributed by atoms with Crippen LogP contribution in [-0.2, 0) is 13.0 Å². The normalized spacial score (nSPS) is 17.4. The second-order valence-electron chi connectivity index (χ2n) is 5.61. The van der Waals surface area contributed by atoms with E-state index in [-0.39, 0.29) is 0 Å². The minimum Gasteiger partial charge on any atom is -0.346 e. The minimum atomic E-state index is 0.619. The highest BCUT2D eigenvalue weighted by molar-refractivity contribution is 7.15. The average Bonchev–Trinajstić information content (AvgIpc) is 2.82. The first-order valence-corrected chi connectivity index (χ1v) is 8.11. The Balaban J connectivity index is 1.95. The van der Waals surface area contributed by atoms with Gasteiger partial charge in [-0.25, -0.2) is 4.98 Å². The van der Waals surface area contributed by atoms with Crippen LogP contribution in [0.25, 0.3) is 0 Å². The molecular formula is C14H26N4S. The molecule has 2 rings (SSSR count). The second kappa shape index (κ2) is 6.68. The summed E-state index contributed by atoms with van der Waals surface area (Å²) in [7, 11) is 0. The minimum absolute atomic E-state index is 0.619. The van der Waals surface area contributed by atoms with Crippen LogP contribution in [0, 0.1) is 5.92 Å². The molecule has 0 saturated carbocycles. The van der Waals surface area contributed by atoms with Crippen molar-refractivity contribution in [2.75, 3.05) is 37.6 Å². The monoisotopic (exact) mass is 282 g/mol. The largest absolute Gasteiger partial charge is 0.346 e. The molecular weight excluding hydrogens is 256 g/mol. The highest BCUT2D eigenvalue weighted by atomic mass is 32.1. The molecule has 0 spiro atoms. The Labute approximate surface area is 120 Å². The highest BCUT2D eigenvalue weighted by Gasteiger charge is 2.21. The zero-order valence-corrected chi connectivity index (χ0v) is 13.2. The number of thiazole rings is 1. The fourth-order valence-electron chi connectivity index (χ4n) is 2.58. The first-order chi connectivity index (χ1) is 9.13. The Bertz CT molecular complexity index is 373. The van der Waals surface area contributed by atoms with Gasteiger partial charge in [-0.2, -0.15) is 0 Å². The van der Waals surface area contributed by atoms with E-state index >= 15 is 0 Å². The van der Waals surface area contributed by atoms with Crippen LogP contribution in [0.4, 0.5) is 5.13 Å². The van der Waals surface area contributed by atoms with Crippen LogP contribution < -0.4 is 10.6 Å². The molecule has 2 N–H and O–H groups in total. The predicted molar refractivity (Wildman–Crippen MR) is 82.9 cm³/mol. The number of hydrogen-bond donors (Lipinski definition) is 1. The quantitative estimate of drug-likeness (QED) is 0.896. The fraction of sp³-hybridized carbons (Fsp3) is 0.786. The summed E-state index contributed by atoms with van der Waals surface area (Å²) >= 11 is 1.78. The molecule has 5 heteroatoms. The second-order valence-corrected chi connectivity index (χ2v) is 6.67. The Kier molecular flexibility index (Phi) is 5.19. The van der Waals surface area contributed by atoms with Crippen molar-refractivity contribution in [1.29, 1.82) is 0 Å². The number of piperazine rings is 1. The molecule has 0 amide bonds. The molecule has 0 atom stereocenters. The van der Waals surface area contributed by atoms with Crippen LogP contribution in [0.3, 0.4) is 0 Å². The van der Waals surface area contributed by atoms with Crippen LogP contribution in [-0.4, -0.2) is 42.6 Å². The van der Waals surface area contributed by atoms with E-state index in [9.17, 15) is 0 Å².